The van der Waals surface area contributed by atoms with E-state index in [0.29, 0.717) is 16.7 Å². The summed E-state index contributed by atoms with van der Waals surface area (Å²) in [5.74, 6) is 0.633. The number of carbonyl (C=O) groups is 1. The molecule has 2 N–H and O–H groups in total. The van der Waals surface area contributed by atoms with Crippen molar-refractivity contribution in [2.75, 3.05) is 0 Å². The van der Waals surface area contributed by atoms with Crippen molar-refractivity contribution >= 4 is 23.2 Å². The molecule has 1 saturated heterocycles. The van der Waals surface area contributed by atoms with Crippen LogP contribution in [0.3, 0.4) is 0 Å². The van der Waals surface area contributed by atoms with E-state index in [1.54, 1.807) is 0 Å². The van der Waals surface area contributed by atoms with Crippen LogP contribution in [0.4, 0.5) is 0 Å². The SMILES string of the molecule is CC1CCC/C(=C2/NC(=S)NC2=O)C1. The van der Waals surface area contributed by atoms with E-state index in [1.807, 2.05) is 0 Å². The first-order valence-corrected chi connectivity index (χ1v) is 5.42. The highest BCUT2D eigenvalue weighted by molar-refractivity contribution is 7.80. The van der Waals surface area contributed by atoms with Gasteiger partial charge in [0.05, 0.1) is 0 Å². The summed E-state index contributed by atoms with van der Waals surface area (Å²) in [6.45, 7) is 2.23. The Kier molecular flexibility index (Phi) is 2.54. The molecule has 3 nitrogen and oxygen atoms in total. The van der Waals surface area contributed by atoms with Crippen molar-refractivity contribution in [1.29, 1.82) is 0 Å². The zero-order valence-corrected chi connectivity index (χ0v) is 9.04. The summed E-state index contributed by atoms with van der Waals surface area (Å²) >= 11 is 4.89. The predicted octanol–water partition coefficient (Wildman–Crippen LogP) is 1.45. The van der Waals surface area contributed by atoms with Gasteiger partial charge >= 0.3 is 0 Å². The molecule has 76 valence electrons. The van der Waals surface area contributed by atoms with Gasteiger partial charge in [0.15, 0.2) is 5.11 Å². The lowest BCUT2D eigenvalue weighted by Gasteiger charge is -2.21. The maximum Gasteiger partial charge on any atom is 0.273 e. The van der Waals surface area contributed by atoms with Gasteiger partial charge in [-0.15, -0.1) is 0 Å². The van der Waals surface area contributed by atoms with Crippen molar-refractivity contribution in [2.24, 2.45) is 5.92 Å². The number of amides is 1. The number of thiocarbonyl (C=S) groups is 1. The molecule has 4 heteroatoms. The van der Waals surface area contributed by atoms with E-state index in [1.165, 1.54) is 18.4 Å². The summed E-state index contributed by atoms with van der Waals surface area (Å²) in [6.07, 6.45) is 4.51. The van der Waals surface area contributed by atoms with Crippen LogP contribution in [0.5, 0.6) is 0 Å². The smallest absolute Gasteiger partial charge is 0.273 e. The van der Waals surface area contributed by atoms with Crippen molar-refractivity contribution in [2.45, 2.75) is 32.6 Å². The fourth-order valence-corrected chi connectivity index (χ4v) is 2.33. The second kappa shape index (κ2) is 3.69. The number of allylic oxidation sites excluding steroid dienone is 1. The van der Waals surface area contributed by atoms with Gasteiger partial charge in [-0.3, -0.25) is 10.1 Å². The summed E-state index contributed by atoms with van der Waals surface area (Å²) in [4.78, 5) is 11.5. The average molecular weight is 210 g/mol. The van der Waals surface area contributed by atoms with Crippen LogP contribution < -0.4 is 10.6 Å². The maximum absolute atomic E-state index is 11.5. The third-order valence-corrected chi connectivity index (χ3v) is 3.02. The van der Waals surface area contributed by atoms with Gasteiger partial charge in [0, 0.05) is 0 Å². The largest absolute Gasteiger partial charge is 0.328 e. The van der Waals surface area contributed by atoms with E-state index in [-0.39, 0.29) is 5.91 Å². The van der Waals surface area contributed by atoms with Crippen molar-refractivity contribution < 1.29 is 4.79 Å². The molecule has 1 aliphatic heterocycles. The van der Waals surface area contributed by atoms with E-state index in [2.05, 4.69) is 17.6 Å². The number of carbonyl (C=O) groups excluding carboxylic acids is 1. The molecule has 0 aromatic rings. The second-order valence-corrected chi connectivity index (χ2v) is 4.50. The highest BCUT2D eigenvalue weighted by atomic mass is 32.1. The molecule has 2 rings (SSSR count). The molecule has 1 amide bonds. The van der Waals surface area contributed by atoms with E-state index in [4.69, 9.17) is 12.2 Å². The Morgan fingerprint density at radius 1 is 1.43 bits per heavy atom. The molecule has 0 aromatic heterocycles. The quantitative estimate of drug-likeness (QED) is 0.470. The Labute approximate surface area is 88.9 Å². The lowest BCUT2D eigenvalue weighted by atomic mass is 9.86. The van der Waals surface area contributed by atoms with Gasteiger partial charge in [-0.2, -0.15) is 0 Å². The van der Waals surface area contributed by atoms with Crippen molar-refractivity contribution in [3.8, 4) is 0 Å². The van der Waals surface area contributed by atoms with E-state index in [9.17, 15) is 4.79 Å². The first kappa shape index (κ1) is 9.65. The lowest BCUT2D eigenvalue weighted by Crippen LogP contribution is -2.21. The predicted molar refractivity (Wildman–Crippen MR) is 58.5 cm³/mol. The zero-order chi connectivity index (χ0) is 10.1. The molecule has 1 saturated carbocycles. The van der Waals surface area contributed by atoms with Gasteiger partial charge in [0.1, 0.15) is 5.70 Å². The standard InChI is InChI=1S/C10H14N2OS/c1-6-3-2-4-7(5-6)8-9(13)12-10(14)11-8/h6H,2-5H2,1H3,(H2,11,12,13,14)/b8-7-. The minimum Gasteiger partial charge on any atom is -0.328 e. The minimum atomic E-state index is -0.0564. The topological polar surface area (TPSA) is 41.1 Å². The van der Waals surface area contributed by atoms with Crippen LogP contribution in [0.1, 0.15) is 32.6 Å². The van der Waals surface area contributed by atoms with Crippen molar-refractivity contribution in [1.82, 2.24) is 10.6 Å². The Bertz CT molecular complexity index is 322. The Morgan fingerprint density at radius 3 is 2.79 bits per heavy atom. The molecule has 1 unspecified atom stereocenters. The summed E-state index contributed by atoms with van der Waals surface area (Å²) < 4.78 is 0. The first-order chi connectivity index (χ1) is 6.66. The molecule has 1 heterocycles. The molecule has 0 bridgehead atoms. The van der Waals surface area contributed by atoms with Crippen LogP contribution in [0, 0.1) is 5.92 Å². The fourth-order valence-electron chi connectivity index (χ4n) is 2.13. The molecule has 2 fully saturated rings. The average Bonchev–Trinajstić information content (AvgIpc) is 2.45. The highest BCUT2D eigenvalue weighted by Crippen LogP contribution is 2.30. The summed E-state index contributed by atoms with van der Waals surface area (Å²) in [7, 11) is 0. The van der Waals surface area contributed by atoms with Gasteiger partial charge in [0.2, 0.25) is 0 Å². The second-order valence-electron chi connectivity index (χ2n) is 4.09. The van der Waals surface area contributed by atoms with Crippen LogP contribution in [0.25, 0.3) is 0 Å². The van der Waals surface area contributed by atoms with Gasteiger partial charge in [0.25, 0.3) is 5.91 Å². The third kappa shape index (κ3) is 1.80. The summed E-state index contributed by atoms with van der Waals surface area (Å²) in [5.41, 5.74) is 1.95. The molecule has 2 aliphatic rings. The van der Waals surface area contributed by atoms with Crippen molar-refractivity contribution in [3.05, 3.63) is 11.3 Å². The summed E-state index contributed by atoms with van der Waals surface area (Å²) in [5, 5.41) is 5.99. The molecular weight excluding hydrogens is 196 g/mol. The Hall–Kier alpha value is -0.900. The van der Waals surface area contributed by atoms with E-state index >= 15 is 0 Å². The van der Waals surface area contributed by atoms with Crippen LogP contribution >= 0.6 is 12.2 Å². The molecule has 0 radical (unpaired) electrons. The molecule has 0 spiro atoms. The van der Waals surface area contributed by atoms with Gasteiger partial charge in [-0.25, -0.2) is 0 Å². The van der Waals surface area contributed by atoms with E-state index in [0.717, 1.165) is 12.8 Å². The first-order valence-electron chi connectivity index (χ1n) is 5.01. The van der Waals surface area contributed by atoms with Gasteiger partial charge < -0.3 is 5.32 Å². The highest BCUT2D eigenvalue weighted by Gasteiger charge is 2.26. The van der Waals surface area contributed by atoms with Crippen LogP contribution in [0.2, 0.25) is 0 Å². The zero-order valence-electron chi connectivity index (χ0n) is 8.22. The molecule has 14 heavy (non-hydrogen) atoms. The van der Waals surface area contributed by atoms with Crippen molar-refractivity contribution in [3.63, 3.8) is 0 Å². The third-order valence-electron chi connectivity index (χ3n) is 2.82. The maximum atomic E-state index is 11.5. The molecule has 1 aliphatic carbocycles. The number of hydrogen-bond donors (Lipinski definition) is 2. The Morgan fingerprint density at radius 2 is 2.21 bits per heavy atom. The van der Waals surface area contributed by atoms with Crippen LogP contribution in [-0.4, -0.2) is 11.0 Å². The van der Waals surface area contributed by atoms with Crippen LogP contribution in [-0.2, 0) is 4.79 Å². The summed E-state index contributed by atoms with van der Waals surface area (Å²) in [6, 6.07) is 0. The van der Waals surface area contributed by atoms with Crippen LogP contribution in [0.15, 0.2) is 11.3 Å². The van der Waals surface area contributed by atoms with Gasteiger partial charge in [-0.1, -0.05) is 13.3 Å². The molecular formula is C10H14N2OS. The van der Waals surface area contributed by atoms with E-state index < -0.39 is 0 Å². The normalized spacial score (nSPS) is 32.8. The number of hydrogen-bond acceptors (Lipinski definition) is 2. The number of rotatable bonds is 0. The number of nitrogens with one attached hydrogen (secondary N) is 2. The Balaban J connectivity index is 2.21. The monoisotopic (exact) mass is 210 g/mol. The fraction of sp³-hybridized carbons (Fsp3) is 0.600. The van der Waals surface area contributed by atoms with Gasteiger partial charge in [-0.05, 0) is 43.0 Å². The minimum absolute atomic E-state index is 0.0564. The lowest BCUT2D eigenvalue weighted by molar-refractivity contribution is -0.115. The molecule has 0 aromatic carbocycles. The molecule has 1 atom stereocenters.